The Morgan fingerprint density at radius 1 is 0.941 bits per heavy atom. The first-order chi connectivity index (χ1) is 16.2. The van der Waals surface area contributed by atoms with Crippen LogP contribution in [0.3, 0.4) is 0 Å². The minimum Gasteiger partial charge on any atom is -0.493 e. The third-order valence-electron chi connectivity index (χ3n) is 6.11. The molecule has 0 aromatic heterocycles. The number of rotatable bonds is 8. The third-order valence-corrected chi connectivity index (χ3v) is 6.11. The lowest BCUT2D eigenvalue weighted by Crippen LogP contribution is -2.31. The van der Waals surface area contributed by atoms with E-state index < -0.39 is 18.0 Å². The number of nitrogens with one attached hydrogen (secondary N) is 2. The largest absolute Gasteiger partial charge is 0.493 e. The molecule has 0 radical (unpaired) electrons. The zero-order chi connectivity index (χ0) is 24.8. The van der Waals surface area contributed by atoms with Crippen LogP contribution in [-0.4, -0.2) is 38.1 Å². The lowest BCUT2D eigenvalue weighted by atomic mass is 10.1. The lowest BCUT2D eigenvalue weighted by Gasteiger charge is -2.19. The van der Waals surface area contributed by atoms with Gasteiger partial charge in [-0.3, -0.25) is 9.59 Å². The number of hydrogen-bond acceptors (Lipinski definition) is 6. The number of para-hydroxylation sites is 1. The summed E-state index contributed by atoms with van der Waals surface area (Å²) in [5, 5.41) is 5.67. The van der Waals surface area contributed by atoms with E-state index in [1.807, 2.05) is 32.0 Å². The van der Waals surface area contributed by atoms with Crippen molar-refractivity contribution in [3.8, 4) is 11.5 Å². The zero-order valence-electron chi connectivity index (χ0n) is 20.3. The number of aryl methyl sites for hydroxylation is 2. The van der Waals surface area contributed by atoms with Gasteiger partial charge in [0, 0.05) is 23.7 Å². The number of carbonyl (C=O) groups excluding carboxylic acids is 3. The molecule has 8 heteroatoms. The normalized spacial score (nSPS) is 14.3. The van der Waals surface area contributed by atoms with Crippen molar-refractivity contribution in [3.05, 3.63) is 47.0 Å². The maximum absolute atomic E-state index is 13.1. The number of benzene rings is 2. The summed E-state index contributed by atoms with van der Waals surface area (Å²) in [4.78, 5) is 38.6. The Hall–Kier alpha value is -3.55. The van der Waals surface area contributed by atoms with Crippen molar-refractivity contribution >= 4 is 29.2 Å². The Morgan fingerprint density at radius 3 is 2.12 bits per heavy atom. The monoisotopic (exact) mass is 468 g/mol. The molecule has 2 amide bonds. The minimum absolute atomic E-state index is 0.0794. The molecule has 0 aliphatic heterocycles. The highest BCUT2D eigenvalue weighted by Gasteiger charge is 2.27. The van der Waals surface area contributed by atoms with Gasteiger partial charge in [-0.1, -0.05) is 31.0 Å². The second-order valence-electron chi connectivity index (χ2n) is 8.53. The summed E-state index contributed by atoms with van der Waals surface area (Å²) < 4.78 is 16.1. The molecule has 3 rings (SSSR count). The molecule has 2 aromatic rings. The molecule has 1 atom stereocenters. The minimum atomic E-state index is -1.07. The standard InChI is InChI=1S/C26H32N2O6/c1-15-9-8-10-16(2)23(15)28-24(29)17(3)34-26(31)19-13-21(32-4)22(33-5)14-20(19)27-25(30)18-11-6-7-12-18/h8-10,13-14,17-18H,6-7,11-12H2,1-5H3,(H,27,30)(H,28,29)/t17-/m0/s1. The van der Waals surface area contributed by atoms with Crippen LogP contribution in [0, 0.1) is 19.8 Å². The molecule has 2 aromatic carbocycles. The third kappa shape index (κ3) is 5.68. The first-order valence-electron chi connectivity index (χ1n) is 11.4. The fourth-order valence-electron chi connectivity index (χ4n) is 4.09. The van der Waals surface area contributed by atoms with Crippen LogP contribution >= 0.6 is 0 Å². The Bertz CT molecular complexity index is 1050. The number of anilines is 2. The van der Waals surface area contributed by atoms with Gasteiger partial charge >= 0.3 is 5.97 Å². The van der Waals surface area contributed by atoms with E-state index in [1.54, 1.807) is 0 Å². The molecule has 8 nitrogen and oxygen atoms in total. The average molecular weight is 469 g/mol. The predicted molar refractivity (Wildman–Crippen MR) is 130 cm³/mol. The summed E-state index contributed by atoms with van der Waals surface area (Å²) in [6.45, 7) is 5.28. The molecule has 182 valence electrons. The van der Waals surface area contributed by atoms with Crippen molar-refractivity contribution in [3.63, 3.8) is 0 Å². The first kappa shape index (κ1) is 25.1. The fraction of sp³-hybridized carbons (Fsp3) is 0.423. The van der Waals surface area contributed by atoms with Crippen LogP contribution in [0.25, 0.3) is 0 Å². The van der Waals surface area contributed by atoms with Gasteiger partial charge in [-0.05, 0) is 44.7 Å². The molecule has 0 bridgehead atoms. The van der Waals surface area contributed by atoms with Crippen LogP contribution in [0.5, 0.6) is 11.5 Å². The summed E-state index contributed by atoms with van der Waals surface area (Å²) >= 11 is 0. The summed E-state index contributed by atoms with van der Waals surface area (Å²) in [7, 11) is 2.92. The van der Waals surface area contributed by atoms with E-state index in [2.05, 4.69) is 10.6 Å². The van der Waals surface area contributed by atoms with Crippen LogP contribution in [0.2, 0.25) is 0 Å². The molecule has 0 unspecified atom stereocenters. The molecular formula is C26H32N2O6. The smallest absolute Gasteiger partial charge is 0.341 e. The lowest BCUT2D eigenvalue weighted by molar-refractivity contribution is -0.124. The maximum atomic E-state index is 13.1. The average Bonchev–Trinajstić information content (AvgIpc) is 3.36. The number of ether oxygens (including phenoxy) is 3. The van der Waals surface area contributed by atoms with Crippen molar-refractivity contribution in [2.75, 3.05) is 24.9 Å². The zero-order valence-corrected chi connectivity index (χ0v) is 20.3. The van der Waals surface area contributed by atoms with Crippen molar-refractivity contribution in [1.29, 1.82) is 0 Å². The number of methoxy groups -OCH3 is 2. The molecule has 0 saturated heterocycles. The quantitative estimate of drug-likeness (QED) is 0.548. The molecule has 0 spiro atoms. The van der Waals surface area contributed by atoms with Crippen LogP contribution in [-0.2, 0) is 14.3 Å². The Morgan fingerprint density at radius 2 is 1.53 bits per heavy atom. The molecule has 1 aliphatic rings. The van der Waals surface area contributed by atoms with Gasteiger partial charge in [0.25, 0.3) is 5.91 Å². The summed E-state index contributed by atoms with van der Waals surface area (Å²) in [5.74, 6) is -0.796. The van der Waals surface area contributed by atoms with Gasteiger partial charge in [-0.25, -0.2) is 4.79 Å². The van der Waals surface area contributed by atoms with Gasteiger partial charge in [0.05, 0.1) is 25.5 Å². The van der Waals surface area contributed by atoms with Gasteiger partial charge in [0.1, 0.15) is 0 Å². The molecular weight excluding hydrogens is 436 g/mol. The van der Waals surface area contributed by atoms with Crippen molar-refractivity contribution in [2.45, 2.75) is 52.6 Å². The molecule has 1 saturated carbocycles. The SMILES string of the molecule is COc1cc(NC(=O)C2CCCC2)c(C(=O)O[C@@H](C)C(=O)Nc2c(C)cccc2C)cc1OC. The van der Waals surface area contributed by atoms with Crippen molar-refractivity contribution in [1.82, 2.24) is 0 Å². The van der Waals surface area contributed by atoms with Crippen LogP contribution in [0.15, 0.2) is 30.3 Å². The van der Waals surface area contributed by atoms with E-state index in [0.717, 1.165) is 36.8 Å². The summed E-state index contributed by atoms with van der Waals surface area (Å²) in [6.07, 6.45) is 2.57. The second kappa shape index (κ2) is 11.0. The van der Waals surface area contributed by atoms with E-state index in [4.69, 9.17) is 14.2 Å². The molecule has 34 heavy (non-hydrogen) atoms. The van der Waals surface area contributed by atoms with Gasteiger partial charge in [-0.2, -0.15) is 0 Å². The highest BCUT2D eigenvalue weighted by atomic mass is 16.5. The molecule has 2 N–H and O–H groups in total. The topological polar surface area (TPSA) is 103 Å². The van der Waals surface area contributed by atoms with E-state index >= 15 is 0 Å². The van der Waals surface area contributed by atoms with E-state index in [1.165, 1.54) is 33.3 Å². The summed E-state index contributed by atoms with van der Waals surface area (Å²) in [5.41, 5.74) is 2.83. The highest BCUT2D eigenvalue weighted by Crippen LogP contribution is 2.35. The highest BCUT2D eigenvalue weighted by molar-refractivity contribution is 6.04. The van der Waals surface area contributed by atoms with E-state index in [-0.39, 0.29) is 23.1 Å². The number of amides is 2. The number of carbonyl (C=O) groups is 3. The van der Waals surface area contributed by atoms with Crippen LogP contribution in [0.4, 0.5) is 11.4 Å². The van der Waals surface area contributed by atoms with Gasteiger partial charge in [0.2, 0.25) is 5.91 Å². The molecule has 1 aliphatic carbocycles. The van der Waals surface area contributed by atoms with E-state index in [9.17, 15) is 14.4 Å². The van der Waals surface area contributed by atoms with Gasteiger partial charge in [0.15, 0.2) is 17.6 Å². The van der Waals surface area contributed by atoms with Crippen molar-refractivity contribution in [2.24, 2.45) is 5.92 Å². The van der Waals surface area contributed by atoms with E-state index in [0.29, 0.717) is 17.2 Å². The van der Waals surface area contributed by atoms with Crippen LogP contribution < -0.4 is 20.1 Å². The second-order valence-corrected chi connectivity index (χ2v) is 8.53. The Kier molecular flexibility index (Phi) is 8.15. The maximum Gasteiger partial charge on any atom is 0.341 e. The number of esters is 1. The predicted octanol–water partition coefficient (Wildman–Crippen LogP) is 4.63. The Balaban J connectivity index is 1.81. The molecule has 1 fully saturated rings. The fourth-order valence-corrected chi connectivity index (χ4v) is 4.09. The molecule has 0 heterocycles. The van der Waals surface area contributed by atoms with Gasteiger partial charge in [-0.15, -0.1) is 0 Å². The van der Waals surface area contributed by atoms with Crippen LogP contribution in [0.1, 0.15) is 54.1 Å². The van der Waals surface area contributed by atoms with Crippen molar-refractivity contribution < 1.29 is 28.6 Å². The Labute approximate surface area is 200 Å². The first-order valence-corrected chi connectivity index (χ1v) is 11.4. The number of hydrogen-bond donors (Lipinski definition) is 2. The van der Waals surface area contributed by atoms with Gasteiger partial charge < -0.3 is 24.8 Å². The summed E-state index contributed by atoms with van der Waals surface area (Å²) in [6, 6.07) is 8.66.